The smallest absolute Gasteiger partial charge is 0.185 e. The molecule has 2 aromatic rings. The van der Waals surface area contributed by atoms with E-state index in [-0.39, 0.29) is 18.3 Å². The first-order chi connectivity index (χ1) is 15.8. The zero-order chi connectivity index (χ0) is 21.9. The van der Waals surface area contributed by atoms with Crippen LogP contribution < -0.4 is 4.74 Å². The number of ether oxygens (including phenoxy) is 3. The van der Waals surface area contributed by atoms with E-state index in [1.54, 1.807) is 0 Å². The summed E-state index contributed by atoms with van der Waals surface area (Å²) in [4.78, 5) is 0. The van der Waals surface area contributed by atoms with Gasteiger partial charge >= 0.3 is 0 Å². The fraction of sp³-hybridized carbons (Fsp3) is 0.667. The van der Waals surface area contributed by atoms with Crippen molar-refractivity contribution in [2.24, 2.45) is 0 Å². The second kappa shape index (κ2) is 9.96. The predicted octanol–water partition coefficient (Wildman–Crippen LogP) is 5.75. The van der Waals surface area contributed by atoms with Crippen molar-refractivity contribution in [1.29, 1.82) is 0 Å². The average molecular weight is 439 g/mol. The van der Waals surface area contributed by atoms with Gasteiger partial charge in [0.2, 0.25) is 0 Å². The molecule has 1 aliphatic heterocycles. The van der Waals surface area contributed by atoms with E-state index in [9.17, 15) is 0 Å². The fourth-order valence-electron chi connectivity index (χ4n) is 5.87. The van der Waals surface area contributed by atoms with Crippen LogP contribution in [0.3, 0.4) is 0 Å². The number of benzene rings is 1. The molecule has 0 amide bonds. The van der Waals surface area contributed by atoms with Crippen molar-refractivity contribution in [2.75, 3.05) is 13.2 Å². The highest BCUT2D eigenvalue weighted by Crippen LogP contribution is 2.43. The van der Waals surface area contributed by atoms with Gasteiger partial charge in [-0.2, -0.15) is 5.10 Å². The van der Waals surface area contributed by atoms with Gasteiger partial charge in [-0.25, -0.2) is 0 Å². The molecule has 2 aliphatic carbocycles. The third-order valence-corrected chi connectivity index (χ3v) is 7.45. The van der Waals surface area contributed by atoms with Gasteiger partial charge in [0, 0.05) is 30.2 Å². The number of para-hydroxylation sites is 1. The molecule has 5 nitrogen and oxygen atoms in total. The lowest BCUT2D eigenvalue weighted by Crippen LogP contribution is -2.18. The summed E-state index contributed by atoms with van der Waals surface area (Å²) in [5.74, 6) is 1.15. The molecule has 3 unspecified atom stereocenters. The van der Waals surface area contributed by atoms with Gasteiger partial charge in [0.25, 0.3) is 0 Å². The highest BCUT2D eigenvalue weighted by atomic mass is 16.8. The quantitative estimate of drug-likeness (QED) is 0.468. The number of hydrogen-bond acceptors (Lipinski definition) is 4. The Hall–Kier alpha value is -1.85. The van der Waals surface area contributed by atoms with Crippen LogP contribution in [-0.4, -0.2) is 35.4 Å². The van der Waals surface area contributed by atoms with Crippen molar-refractivity contribution in [2.45, 2.75) is 102 Å². The molecule has 32 heavy (non-hydrogen) atoms. The van der Waals surface area contributed by atoms with Crippen molar-refractivity contribution < 1.29 is 14.2 Å². The Balaban J connectivity index is 1.48. The summed E-state index contributed by atoms with van der Waals surface area (Å²) in [6.07, 6.45) is 12.4. The van der Waals surface area contributed by atoms with Crippen LogP contribution in [-0.2, 0) is 28.7 Å². The van der Waals surface area contributed by atoms with Gasteiger partial charge in [0.05, 0.1) is 18.3 Å². The van der Waals surface area contributed by atoms with Crippen LogP contribution in [0.4, 0.5) is 0 Å². The van der Waals surface area contributed by atoms with Crippen LogP contribution in [0.25, 0.3) is 0 Å². The lowest BCUT2D eigenvalue weighted by atomic mass is 9.86. The van der Waals surface area contributed by atoms with Crippen LogP contribution in [0.15, 0.2) is 24.3 Å². The molecule has 1 saturated heterocycles. The number of rotatable bonds is 9. The van der Waals surface area contributed by atoms with E-state index in [4.69, 9.17) is 19.3 Å². The summed E-state index contributed by atoms with van der Waals surface area (Å²) >= 11 is 0. The summed E-state index contributed by atoms with van der Waals surface area (Å²) in [5, 5.41) is 5.32. The first kappa shape index (κ1) is 22.0. The van der Waals surface area contributed by atoms with Crippen molar-refractivity contribution in [3.63, 3.8) is 0 Å². The van der Waals surface area contributed by atoms with Gasteiger partial charge in [0.15, 0.2) is 6.29 Å². The van der Waals surface area contributed by atoms with E-state index in [1.165, 1.54) is 73.9 Å². The Morgan fingerprint density at radius 1 is 1.03 bits per heavy atom. The third kappa shape index (κ3) is 4.47. The summed E-state index contributed by atoms with van der Waals surface area (Å²) in [5.41, 5.74) is 5.55. The minimum atomic E-state index is -0.115. The summed E-state index contributed by atoms with van der Waals surface area (Å²) in [7, 11) is 0. The van der Waals surface area contributed by atoms with Gasteiger partial charge in [-0.15, -0.1) is 0 Å². The minimum Gasteiger partial charge on any atom is -0.494 e. The molecule has 2 fully saturated rings. The minimum absolute atomic E-state index is 0.0654. The highest BCUT2D eigenvalue weighted by Gasteiger charge is 2.47. The molecular formula is C27H38N2O3. The number of epoxide rings is 1. The van der Waals surface area contributed by atoms with Gasteiger partial charge in [-0.1, -0.05) is 37.5 Å². The van der Waals surface area contributed by atoms with Gasteiger partial charge in [-0.05, 0) is 64.0 Å². The number of hydrogen-bond donors (Lipinski definition) is 0. The van der Waals surface area contributed by atoms with Crippen LogP contribution >= 0.6 is 0 Å². The Morgan fingerprint density at radius 3 is 2.66 bits per heavy atom. The van der Waals surface area contributed by atoms with Crippen molar-refractivity contribution >= 4 is 0 Å². The molecule has 5 rings (SSSR count). The lowest BCUT2D eigenvalue weighted by Gasteiger charge is -2.25. The lowest BCUT2D eigenvalue weighted by molar-refractivity contribution is 0.0593. The maximum atomic E-state index is 6.03. The molecule has 1 aromatic carbocycles. The van der Waals surface area contributed by atoms with E-state index in [2.05, 4.69) is 28.9 Å². The van der Waals surface area contributed by atoms with Crippen LogP contribution in [0.1, 0.15) is 93.3 Å². The molecule has 3 atom stereocenters. The van der Waals surface area contributed by atoms with Crippen LogP contribution in [0, 0.1) is 0 Å². The summed E-state index contributed by atoms with van der Waals surface area (Å²) < 4.78 is 20.3. The molecule has 0 radical (unpaired) electrons. The summed E-state index contributed by atoms with van der Waals surface area (Å²) in [6.45, 7) is 5.41. The Kier molecular flexibility index (Phi) is 6.84. The average Bonchev–Trinajstić information content (AvgIpc) is 3.50. The number of aromatic nitrogens is 2. The highest BCUT2D eigenvalue weighted by molar-refractivity contribution is 5.40. The molecule has 0 spiro atoms. The first-order valence-electron chi connectivity index (χ1n) is 12.9. The van der Waals surface area contributed by atoms with Crippen molar-refractivity contribution in [3.05, 3.63) is 46.8 Å². The summed E-state index contributed by atoms with van der Waals surface area (Å²) in [6, 6.07) is 9.04. The fourth-order valence-corrected chi connectivity index (χ4v) is 5.87. The molecule has 3 aliphatic rings. The van der Waals surface area contributed by atoms with Crippen LogP contribution in [0.5, 0.6) is 5.75 Å². The topological polar surface area (TPSA) is 48.8 Å². The molecule has 2 heterocycles. The van der Waals surface area contributed by atoms with E-state index in [0.717, 1.165) is 18.6 Å². The zero-order valence-corrected chi connectivity index (χ0v) is 19.7. The maximum absolute atomic E-state index is 6.03. The van der Waals surface area contributed by atoms with Crippen molar-refractivity contribution in [1.82, 2.24) is 9.78 Å². The SMILES string of the molecule is CCOc1ccccc1C(Cc1nn(C2CCCCC2)c2c1CCCC2)C1OC1OCC. The van der Waals surface area contributed by atoms with E-state index in [1.807, 2.05) is 13.8 Å². The third-order valence-electron chi connectivity index (χ3n) is 7.45. The molecule has 0 bridgehead atoms. The van der Waals surface area contributed by atoms with Crippen molar-refractivity contribution in [3.8, 4) is 5.75 Å². The number of nitrogens with zero attached hydrogens (tertiary/aromatic N) is 2. The first-order valence-corrected chi connectivity index (χ1v) is 12.9. The van der Waals surface area contributed by atoms with Crippen LogP contribution in [0.2, 0.25) is 0 Å². The molecular weight excluding hydrogens is 400 g/mol. The van der Waals surface area contributed by atoms with Gasteiger partial charge < -0.3 is 14.2 Å². The monoisotopic (exact) mass is 438 g/mol. The van der Waals surface area contributed by atoms with E-state index < -0.39 is 0 Å². The van der Waals surface area contributed by atoms with E-state index >= 15 is 0 Å². The molecule has 1 saturated carbocycles. The Morgan fingerprint density at radius 2 is 1.84 bits per heavy atom. The molecule has 174 valence electrons. The van der Waals surface area contributed by atoms with Gasteiger partial charge in [0.1, 0.15) is 11.9 Å². The maximum Gasteiger partial charge on any atom is 0.185 e. The normalized spacial score (nSPS) is 24.2. The van der Waals surface area contributed by atoms with Gasteiger partial charge in [-0.3, -0.25) is 4.68 Å². The largest absolute Gasteiger partial charge is 0.494 e. The Bertz CT molecular complexity index is 902. The Labute approximate surface area is 192 Å². The second-order valence-electron chi connectivity index (χ2n) is 9.52. The predicted molar refractivity (Wildman–Crippen MR) is 125 cm³/mol. The molecule has 1 aromatic heterocycles. The second-order valence-corrected chi connectivity index (χ2v) is 9.52. The van der Waals surface area contributed by atoms with E-state index in [0.29, 0.717) is 19.3 Å². The molecule has 0 N–H and O–H groups in total. The molecule has 5 heteroatoms. The number of fused-ring (bicyclic) bond motifs is 1. The zero-order valence-electron chi connectivity index (χ0n) is 19.7. The standard InChI is InChI=1S/C27H38N2O3/c1-3-30-25-17-11-9-14-20(25)22(26-27(32-26)31-4-2)18-23-21-15-8-10-16-24(21)29(28-23)19-12-6-5-7-13-19/h9,11,14,17,19,22,26-27H,3-8,10,12-13,15-16,18H2,1-2H3.